The molecule has 0 aliphatic rings. The highest BCUT2D eigenvalue weighted by molar-refractivity contribution is 5.55. The average molecular weight is 341 g/mol. The minimum Gasteiger partial charge on any atom is -0.435 e. The van der Waals surface area contributed by atoms with Crippen molar-refractivity contribution in [1.29, 1.82) is 0 Å². The van der Waals surface area contributed by atoms with Gasteiger partial charge in [-0.1, -0.05) is 91.0 Å². The van der Waals surface area contributed by atoms with Crippen LogP contribution in [0.2, 0.25) is 0 Å². The third kappa shape index (κ3) is 3.73. The lowest BCUT2D eigenvalue weighted by Gasteiger charge is -2.15. The Bertz CT molecular complexity index is 894. The van der Waals surface area contributed by atoms with Gasteiger partial charge in [-0.05, 0) is 0 Å². The largest absolute Gasteiger partial charge is 0.435 e. The molecule has 0 spiro atoms. The third-order valence-corrected chi connectivity index (χ3v) is 4.46. The summed E-state index contributed by atoms with van der Waals surface area (Å²) in [5.41, 5.74) is 3.59. The Hall–Kier alpha value is -3.17. The highest BCUT2D eigenvalue weighted by atomic mass is 16.4. The molecule has 0 amide bonds. The van der Waals surface area contributed by atoms with Gasteiger partial charge in [0.05, 0.1) is 6.20 Å². The summed E-state index contributed by atoms with van der Waals surface area (Å²) in [7, 11) is 0. The summed E-state index contributed by atoms with van der Waals surface area (Å²) in [6.45, 7) is 0.682. The van der Waals surface area contributed by atoms with Crippen molar-refractivity contribution in [1.82, 2.24) is 4.98 Å². The van der Waals surface area contributed by atoms with Crippen LogP contribution in [0.25, 0.3) is 11.3 Å². The van der Waals surface area contributed by atoms with E-state index in [1.807, 2.05) is 42.5 Å². The van der Waals surface area contributed by atoms with Crippen LogP contribution < -0.4 is 5.32 Å². The van der Waals surface area contributed by atoms with Crippen molar-refractivity contribution in [3.8, 4) is 11.3 Å². The van der Waals surface area contributed by atoms with Crippen molar-refractivity contribution >= 4 is 0 Å². The van der Waals surface area contributed by atoms with Crippen LogP contribution in [-0.2, 0) is 6.54 Å². The minimum atomic E-state index is 0.212. The molecule has 0 radical (unpaired) electrons. The Morgan fingerprint density at radius 3 is 1.85 bits per heavy atom. The molecule has 0 saturated heterocycles. The predicted molar refractivity (Wildman–Crippen MR) is 102 cm³/mol. The Kier molecular flexibility index (Phi) is 4.90. The second kappa shape index (κ2) is 7.81. The number of benzene rings is 3. The molecule has 0 aliphatic carbocycles. The summed E-state index contributed by atoms with van der Waals surface area (Å²) in [5.74, 6) is 1.55. The van der Waals surface area contributed by atoms with Gasteiger partial charge in [-0.15, -0.1) is 0 Å². The summed E-state index contributed by atoms with van der Waals surface area (Å²) >= 11 is 0. The van der Waals surface area contributed by atoms with E-state index >= 15 is 0 Å². The number of aromatic nitrogens is 1. The van der Waals surface area contributed by atoms with E-state index in [0.717, 1.165) is 17.2 Å². The van der Waals surface area contributed by atoms with Crippen LogP contribution in [0.4, 0.5) is 0 Å². The molecule has 3 aromatic carbocycles. The Morgan fingerprint density at radius 2 is 1.27 bits per heavy atom. The Morgan fingerprint density at radius 1 is 0.731 bits per heavy atom. The lowest BCUT2D eigenvalue weighted by atomic mass is 9.99. The number of hydrogen-bond acceptors (Lipinski definition) is 2. The molecule has 0 saturated carbocycles. The highest BCUT2D eigenvalue weighted by Crippen LogP contribution is 2.20. The molecule has 128 valence electrons. The van der Waals surface area contributed by atoms with Gasteiger partial charge in [-0.3, -0.25) is 0 Å². The standard InChI is InChI=1S/C23H20N2O/c1-4-10-18(11-5-1)21-16-24-22(26-21)17-25-23(19-12-6-2-7-13-19)20-14-8-3-9-15-20/h1-16,23,25H,17H2/p+1. The van der Waals surface area contributed by atoms with E-state index in [0.29, 0.717) is 6.54 Å². The van der Waals surface area contributed by atoms with E-state index in [4.69, 9.17) is 4.42 Å². The number of oxazole rings is 1. The fourth-order valence-electron chi connectivity index (χ4n) is 3.14. The van der Waals surface area contributed by atoms with Gasteiger partial charge in [-0.2, -0.15) is 0 Å². The molecule has 1 heterocycles. The second-order valence-electron chi connectivity index (χ2n) is 6.22. The number of nitrogens with two attached hydrogens (primary N) is 1. The molecular formula is C23H21N2O+. The van der Waals surface area contributed by atoms with Gasteiger partial charge in [0.2, 0.25) is 0 Å². The van der Waals surface area contributed by atoms with Crippen molar-refractivity contribution in [3.63, 3.8) is 0 Å². The molecular weight excluding hydrogens is 320 g/mol. The molecule has 0 aliphatic heterocycles. The van der Waals surface area contributed by atoms with E-state index in [-0.39, 0.29) is 6.04 Å². The zero-order valence-electron chi connectivity index (χ0n) is 14.5. The number of quaternary nitrogens is 1. The number of nitrogens with zero attached hydrogens (tertiary/aromatic N) is 1. The number of rotatable bonds is 6. The second-order valence-corrected chi connectivity index (χ2v) is 6.22. The predicted octanol–water partition coefficient (Wildman–Crippen LogP) is 4.19. The van der Waals surface area contributed by atoms with Gasteiger partial charge in [0.15, 0.2) is 12.3 Å². The zero-order valence-corrected chi connectivity index (χ0v) is 14.5. The summed E-state index contributed by atoms with van der Waals surface area (Å²) in [6, 6.07) is 31.4. The summed E-state index contributed by atoms with van der Waals surface area (Å²) < 4.78 is 5.95. The van der Waals surface area contributed by atoms with Gasteiger partial charge in [0, 0.05) is 16.7 Å². The van der Waals surface area contributed by atoms with Crippen molar-refractivity contribution in [3.05, 3.63) is 114 Å². The first-order chi connectivity index (χ1) is 12.9. The maximum Gasteiger partial charge on any atom is 0.250 e. The van der Waals surface area contributed by atoms with Crippen LogP contribution in [0.3, 0.4) is 0 Å². The zero-order chi connectivity index (χ0) is 17.6. The molecule has 0 atom stereocenters. The normalized spacial score (nSPS) is 11.0. The van der Waals surface area contributed by atoms with Crippen LogP contribution in [-0.4, -0.2) is 4.98 Å². The van der Waals surface area contributed by atoms with Crippen LogP contribution in [0.5, 0.6) is 0 Å². The van der Waals surface area contributed by atoms with E-state index in [9.17, 15) is 0 Å². The lowest BCUT2D eigenvalue weighted by molar-refractivity contribution is -0.704. The molecule has 3 nitrogen and oxygen atoms in total. The first-order valence-electron chi connectivity index (χ1n) is 8.83. The van der Waals surface area contributed by atoms with E-state index in [1.54, 1.807) is 6.20 Å². The summed E-state index contributed by atoms with van der Waals surface area (Å²) in [4.78, 5) is 4.45. The van der Waals surface area contributed by atoms with Crippen molar-refractivity contribution < 1.29 is 9.73 Å². The van der Waals surface area contributed by atoms with E-state index < -0.39 is 0 Å². The molecule has 1 aromatic heterocycles. The van der Waals surface area contributed by atoms with Gasteiger partial charge in [0.1, 0.15) is 6.04 Å². The average Bonchev–Trinajstić information content (AvgIpc) is 3.20. The lowest BCUT2D eigenvalue weighted by Crippen LogP contribution is -2.84. The van der Waals surface area contributed by atoms with Gasteiger partial charge < -0.3 is 9.73 Å². The summed E-state index contributed by atoms with van der Waals surface area (Å²) in [6.07, 6.45) is 1.80. The molecule has 4 rings (SSSR count). The molecule has 0 bridgehead atoms. The first-order valence-corrected chi connectivity index (χ1v) is 8.83. The third-order valence-electron chi connectivity index (χ3n) is 4.46. The van der Waals surface area contributed by atoms with Gasteiger partial charge >= 0.3 is 0 Å². The first kappa shape index (κ1) is 16.3. The van der Waals surface area contributed by atoms with E-state index in [2.05, 4.69) is 58.8 Å². The van der Waals surface area contributed by atoms with Crippen LogP contribution in [0.1, 0.15) is 23.1 Å². The molecule has 0 fully saturated rings. The van der Waals surface area contributed by atoms with Crippen LogP contribution >= 0.6 is 0 Å². The van der Waals surface area contributed by atoms with Crippen LogP contribution in [0, 0.1) is 0 Å². The minimum absolute atomic E-state index is 0.212. The topological polar surface area (TPSA) is 42.6 Å². The molecule has 4 aromatic rings. The monoisotopic (exact) mass is 341 g/mol. The van der Waals surface area contributed by atoms with Crippen molar-refractivity contribution in [2.24, 2.45) is 0 Å². The van der Waals surface area contributed by atoms with Crippen molar-refractivity contribution in [2.75, 3.05) is 0 Å². The maximum atomic E-state index is 5.95. The summed E-state index contributed by atoms with van der Waals surface area (Å²) in [5, 5.41) is 2.27. The quantitative estimate of drug-likeness (QED) is 0.571. The van der Waals surface area contributed by atoms with E-state index in [1.165, 1.54) is 11.1 Å². The fourth-order valence-corrected chi connectivity index (χ4v) is 3.14. The molecule has 0 unspecified atom stereocenters. The maximum absolute atomic E-state index is 5.95. The highest BCUT2D eigenvalue weighted by Gasteiger charge is 2.18. The molecule has 26 heavy (non-hydrogen) atoms. The van der Waals surface area contributed by atoms with Crippen LogP contribution in [0.15, 0.2) is 102 Å². The molecule has 2 N–H and O–H groups in total. The Balaban J connectivity index is 1.53. The van der Waals surface area contributed by atoms with Gasteiger partial charge in [-0.25, -0.2) is 4.98 Å². The van der Waals surface area contributed by atoms with Crippen molar-refractivity contribution in [2.45, 2.75) is 12.6 Å². The number of hydrogen-bond donors (Lipinski definition) is 1. The smallest absolute Gasteiger partial charge is 0.250 e. The SMILES string of the molecule is c1ccc(-c2cnc(C[NH2+]C(c3ccccc3)c3ccccc3)o2)cc1. The van der Waals surface area contributed by atoms with Gasteiger partial charge in [0.25, 0.3) is 5.89 Å². The fraction of sp³-hybridized carbons (Fsp3) is 0.0870. The molecule has 3 heteroatoms. The Labute approximate surface area is 153 Å².